The van der Waals surface area contributed by atoms with Crippen LogP contribution in [-0.2, 0) is 6.18 Å². The smallest absolute Gasteiger partial charge is 0.356 e. The van der Waals surface area contributed by atoms with Gasteiger partial charge in [-0.15, -0.1) is 0 Å². The number of piperidine rings is 1. The minimum Gasteiger partial charge on any atom is -0.356 e. The van der Waals surface area contributed by atoms with Crippen molar-refractivity contribution in [3.8, 4) is 0 Å². The second kappa shape index (κ2) is 8.78. The van der Waals surface area contributed by atoms with E-state index in [9.17, 15) is 13.2 Å². The van der Waals surface area contributed by atoms with Crippen LogP contribution < -0.4 is 10.6 Å². The van der Waals surface area contributed by atoms with Crippen molar-refractivity contribution in [2.45, 2.75) is 45.3 Å². The zero-order valence-electron chi connectivity index (χ0n) is 17.8. The third-order valence-corrected chi connectivity index (χ3v) is 6.32. The number of pyridine rings is 1. The van der Waals surface area contributed by atoms with E-state index in [0.29, 0.717) is 30.9 Å². The van der Waals surface area contributed by atoms with E-state index in [-0.39, 0.29) is 22.7 Å². The number of alkyl halides is 3. The molecule has 0 aromatic carbocycles. The summed E-state index contributed by atoms with van der Waals surface area (Å²) >= 11 is 0. The first kappa shape index (κ1) is 22.9. The van der Waals surface area contributed by atoms with E-state index in [1.807, 2.05) is 11.0 Å². The monoisotopic (exact) mass is 431 g/mol. The number of nitrogens with zero attached hydrogens (tertiary/aromatic N) is 2. The van der Waals surface area contributed by atoms with Crippen molar-refractivity contribution in [2.24, 2.45) is 11.1 Å². The molecule has 1 saturated heterocycles. The van der Waals surface area contributed by atoms with Crippen LogP contribution in [0.3, 0.4) is 0 Å². The quantitative estimate of drug-likeness (QED) is 0.580. The van der Waals surface area contributed by atoms with Crippen molar-refractivity contribution in [2.75, 3.05) is 18.0 Å². The lowest BCUT2D eigenvalue weighted by atomic mass is 9.75. The molecule has 5 nitrogen and oxygen atoms in total. The van der Waals surface area contributed by atoms with E-state index < -0.39 is 17.4 Å². The highest BCUT2D eigenvalue weighted by Crippen LogP contribution is 2.37. The van der Waals surface area contributed by atoms with Crippen molar-refractivity contribution < 1.29 is 13.2 Å². The lowest BCUT2D eigenvalue weighted by Gasteiger charge is -2.45. The summed E-state index contributed by atoms with van der Waals surface area (Å²) in [5, 5.41) is 16.2. The summed E-state index contributed by atoms with van der Waals surface area (Å²) in [6.45, 7) is 5.33. The molecule has 3 rings (SSSR count). The van der Waals surface area contributed by atoms with Crippen LogP contribution in [0, 0.1) is 16.2 Å². The molecule has 2 aliphatic rings. The van der Waals surface area contributed by atoms with Gasteiger partial charge in [-0.05, 0) is 37.0 Å². The third kappa shape index (κ3) is 4.63. The van der Waals surface area contributed by atoms with Gasteiger partial charge in [-0.1, -0.05) is 38.2 Å². The van der Waals surface area contributed by atoms with E-state index in [1.54, 1.807) is 18.2 Å². The number of aromatic nitrogens is 1. The van der Waals surface area contributed by atoms with Crippen molar-refractivity contribution in [1.29, 1.82) is 10.8 Å². The van der Waals surface area contributed by atoms with Crippen molar-refractivity contribution in [3.63, 3.8) is 0 Å². The first-order chi connectivity index (χ1) is 14.6. The van der Waals surface area contributed by atoms with Gasteiger partial charge in [-0.3, -0.25) is 5.41 Å². The zero-order valence-corrected chi connectivity index (χ0v) is 17.8. The molecule has 2 atom stereocenters. The Morgan fingerprint density at radius 2 is 2.13 bits per heavy atom. The molecule has 0 spiro atoms. The maximum atomic E-state index is 13.8. The fourth-order valence-electron chi connectivity index (χ4n) is 4.03. The lowest BCUT2D eigenvalue weighted by Crippen LogP contribution is -2.54. The predicted molar refractivity (Wildman–Crippen MR) is 118 cm³/mol. The van der Waals surface area contributed by atoms with Gasteiger partial charge in [0.25, 0.3) is 0 Å². The van der Waals surface area contributed by atoms with Gasteiger partial charge in [0.05, 0.1) is 11.3 Å². The van der Waals surface area contributed by atoms with Crippen molar-refractivity contribution in [1.82, 2.24) is 4.98 Å². The number of hydrogen-bond acceptors (Lipinski definition) is 5. The molecular formula is C23H28F3N5. The summed E-state index contributed by atoms with van der Waals surface area (Å²) in [6, 6.07) is 2.40. The van der Waals surface area contributed by atoms with Gasteiger partial charge < -0.3 is 16.0 Å². The van der Waals surface area contributed by atoms with Crippen molar-refractivity contribution in [3.05, 3.63) is 58.8 Å². The van der Waals surface area contributed by atoms with E-state index >= 15 is 0 Å². The highest BCUT2D eigenvalue weighted by atomic mass is 19.4. The predicted octanol–water partition coefficient (Wildman–Crippen LogP) is 4.88. The van der Waals surface area contributed by atoms with E-state index in [0.717, 1.165) is 25.1 Å². The molecule has 1 aromatic heterocycles. The number of allylic oxidation sites excluding steroid dienone is 6. The SMILES string of the molecule is CCC1(C)CN(c2ccc(C(F)(F)F)c(C(=N)C3=CC=CCC=C3C=N)n2)CCC1N. The van der Waals surface area contributed by atoms with Crippen LogP contribution in [0.15, 0.2) is 47.6 Å². The molecule has 1 aromatic rings. The third-order valence-electron chi connectivity index (χ3n) is 6.32. The number of rotatable bonds is 5. The molecule has 166 valence electrons. The first-order valence-electron chi connectivity index (χ1n) is 10.4. The summed E-state index contributed by atoms with van der Waals surface area (Å²) in [6.07, 6.45) is 5.31. The largest absolute Gasteiger partial charge is 0.418 e. The second-order valence-electron chi connectivity index (χ2n) is 8.31. The summed E-state index contributed by atoms with van der Waals surface area (Å²) < 4.78 is 41.3. The molecule has 31 heavy (non-hydrogen) atoms. The molecule has 4 N–H and O–H groups in total. The Kier molecular flexibility index (Phi) is 6.50. The van der Waals surface area contributed by atoms with Crippen LogP contribution in [0.2, 0.25) is 0 Å². The maximum Gasteiger partial charge on any atom is 0.418 e. The Morgan fingerprint density at radius 3 is 2.77 bits per heavy atom. The number of hydrogen-bond donors (Lipinski definition) is 3. The Balaban J connectivity index is 2.06. The molecule has 8 heteroatoms. The standard InChI is InChI=1S/C23H28F3N5/c1-3-22(2)14-31(12-11-18(22)28)19-10-9-17(23(24,25)26)21(30-19)20(29)16-8-6-4-5-7-15(16)13-27/h4,6-10,13,18,27,29H,3,5,11-12,14,28H2,1-2H3. The molecular weight excluding hydrogens is 403 g/mol. The molecule has 0 saturated carbocycles. The van der Waals surface area contributed by atoms with Crippen LogP contribution in [0.4, 0.5) is 19.0 Å². The molecule has 2 heterocycles. The molecule has 0 bridgehead atoms. The van der Waals surface area contributed by atoms with E-state index in [2.05, 4.69) is 18.8 Å². The Bertz CT molecular complexity index is 960. The number of nitrogens with one attached hydrogen (secondary N) is 2. The summed E-state index contributed by atoms with van der Waals surface area (Å²) in [4.78, 5) is 6.29. The Hall–Kier alpha value is -2.74. The zero-order chi connectivity index (χ0) is 22.8. The van der Waals surface area contributed by atoms with Gasteiger partial charge in [-0.2, -0.15) is 13.2 Å². The molecule has 1 fully saturated rings. The van der Waals surface area contributed by atoms with Gasteiger partial charge in [0.1, 0.15) is 11.5 Å². The molecule has 0 radical (unpaired) electrons. The normalized spacial score (nSPS) is 24.3. The van der Waals surface area contributed by atoms with Crippen LogP contribution in [0.1, 0.15) is 44.4 Å². The Labute approximate surface area is 180 Å². The van der Waals surface area contributed by atoms with Gasteiger partial charge in [-0.25, -0.2) is 4.98 Å². The van der Waals surface area contributed by atoms with Gasteiger partial charge in [0, 0.05) is 36.3 Å². The fraction of sp³-hybridized carbons (Fsp3) is 0.435. The molecule has 0 amide bonds. The van der Waals surface area contributed by atoms with Crippen molar-refractivity contribution >= 4 is 17.7 Å². The minimum absolute atomic E-state index is 0.0178. The highest BCUT2D eigenvalue weighted by molar-refractivity contribution is 6.17. The van der Waals surface area contributed by atoms with Crippen LogP contribution in [-0.4, -0.2) is 36.0 Å². The van der Waals surface area contributed by atoms with Crippen LogP contribution in [0.25, 0.3) is 0 Å². The molecule has 2 unspecified atom stereocenters. The van der Waals surface area contributed by atoms with Crippen LogP contribution >= 0.6 is 0 Å². The van der Waals surface area contributed by atoms with Gasteiger partial charge in [0.2, 0.25) is 0 Å². The first-order valence-corrected chi connectivity index (χ1v) is 10.4. The number of anilines is 1. The fourth-order valence-corrected chi connectivity index (χ4v) is 4.03. The lowest BCUT2D eigenvalue weighted by molar-refractivity contribution is -0.137. The average molecular weight is 432 g/mol. The Morgan fingerprint density at radius 1 is 1.39 bits per heavy atom. The minimum atomic E-state index is -4.65. The number of nitrogens with two attached hydrogens (primary N) is 1. The molecule has 1 aliphatic heterocycles. The summed E-state index contributed by atoms with van der Waals surface area (Å²) in [7, 11) is 0. The van der Waals surface area contributed by atoms with E-state index in [1.165, 1.54) is 6.07 Å². The van der Waals surface area contributed by atoms with Gasteiger partial charge in [0.15, 0.2) is 0 Å². The second-order valence-corrected chi connectivity index (χ2v) is 8.31. The topological polar surface area (TPSA) is 89.9 Å². The van der Waals surface area contributed by atoms with Crippen LogP contribution in [0.5, 0.6) is 0 Å². The molecule has 1 aliphatic carbocycles. The summed E-state index contributed by atoms with van der Waals surface area (Å²) in [5.74, 6) is 0.407. The summed E-state index contributed by atoms with van der Waals surface area (Å²) in [5.41, 5.74) is 5.06. The average Bonchev–Trinajstić information content (AvgIpc) is 2.99. The number of halogens is 3. The highest BCUT2D eigenvalue weighted by Gasteiger charge is 2.39. The maximum absolute atomic E-state index is 13.8. The van der Waals surface area contributed by atoms with E-state index in [4.69, 9.17) is 16.6 Å². The van der Waals surface area contributed by atoms with Gasteiger partial charge >= 0.3 is 6.18 Å².